The van der Waals surface area contributed by atoms with Crippen LogP contribution in [0.25, 0.3) is 0 Å². The second kappa shape index (κ2) is 8.74. The van der Waals surface area contributed by atoms with E-state index in [4.69, 9.17) is 4.42 Å². The summed E-state index contributed by atoms with van der Waals surface area (Å²) >= 11 is 1.55. The topological polar surface area (TPSA) is 62.6 Å². The van der Waals surface area contributed by atoms with E-state index in [1.54, 1.807) is 23.5 Å². The Morgan fingerprint density at radius 3 is 2.67 bits per heavy atom. The number of anilines is 1. The molecule has 1 atom stereocenters. The molecule has 0 saturated carbocycles. The fourth-order valence-corrected chi connectivity index (χ4v) is 5.05. The van der Waals surface area contributed by atoms with E-state index in [9.17, 15) is 9.59 Å². The summed E-state index contributed by atoms with van der Waals surface area (Å²) in [4.78, 5) is 29.1. The van der Waals surface area contributed by atoms with Gasteiger partial charge < -0.3 is 14.6 Å². The fourth-order valence-electron chi connectivity index (χ4n) is 3.65. The maximum Gasteiger partial charge on any atom is 0.291 e. The second-order valence-electron chi connectivity index (χ2n) is 7.28. The molecular weight excluding hydrogens is 360 g/mol. The Bertz CT molecular complexity index is 789. The first-order valence-corrected chi connectivity index (χ1v) is 10.6. The summed E-state index contributed by atoms with van der Waals surface area (Å²) in [6.07, 6.45) is 6.27. The Labute approximate surface area is 164 Å². The van der Waals surface area contributed by atoms with Crippen LogP contribution in [0.5, 0.6) is 0 Å². The summed E-state index contributed by atoms with van der Waals surface area (Å²) in [5.74, 6) is 0.598. The van der Waals surface area contributed by atoms with Crippen molar-refractivity contribution in [1.82, 2.24) is 4.90 Å². The zero-order valence-corrected chi connectivity index (χ0v) is 17.2. The lowest BCUT2D eigenvalue weighted by Gasteiger charge is -2.24. The first-order chi connectivity index (χ1) is 13.0. The number of carbonyl (C=O) groups excluding carboxylic acids is 2. The van der Waals surface area contributed by atoms with Crippen LogP contribution in [0.4, 0.5) is 5.00 Å². The highest BCUT2D eigenvalue weighted by atomic mass is 32.1. The van der Waals surface area contributed by atoms with Crippen molar-refractivity contribution >= 4 is 28.2 Å². The predicted octanol–water partition coefficient (Wildman–Crippen LogP) is 4.98. The van der Waals surface area contributed by atoms with Gasteiger partial charge in [-0.3, -0.25) is 9.59 Å². The van der Waals surface area contributed by atoms with E-state index in [2.05, 4.69) is 26.1 Å². The Hall–Kier alpha value is -2.08. The molecule has 1 aliphatic carbocycles. The van der Waals surface area contributed by atoms with E-state index >= 15 is 0 Å². The first kappa shape index (κ1) is 19.7. The fraction of sp³-hybridized carbons (Fsp3) is 0.524. The lowest BCUT2D eigenvalue weighted by Crippen LogP contribution is -2.33. The number of hydrogen-bond donors (Lipinski definition) is 1. The minimum atomic E-state index is -0.307. The van der Waals surface area contributed by atoms with Crippen LogP contribution in [-0.4, -0.2) is 29.8 Å². The molecule has 3 rings (SSSR count). The van der Waals surface area contributed by atoms with Gasteiger partial charge in [0.1, 0.15) is 5.00 Å². The van der Waals surface area contributed by atoms with Crippen LogP contribution in [0.1, 0.15) is 71.4 Å². The van der Waals surface area contributed by atoms with Gasteiger partial charge in [0, 0.05) is 18.0 Å². The normalized spacial score (nSPS) is 16.0. The van der Waals surface area contributed by atoms with Crippen LogP contribution in [0, 0.1) is 5.92 Å². The number of hydrogen-bond acceptors (Lipinski definition) is 4. The zero-order valence-electron chi connectivity index (χ0n) is 16.3. The molecule has 2 aromatic heterocycles. The number of nitrogens with one attached hydrogen (secondary N) is 1. The molecular formula is C21H28N2O3S. The second-order valence-corrected chi connectivity index (χ2v) is 8.38. The van der Waals surface area contributed by atoms with Crippen molar-refractivity contribution in [3.05, 3.63) is 40.2 Å². The third kappa shape index (κ3) is 4.26. The standard InChI is InChI=1S/C21H28N2O3S/c1-4-10-23(11-5-2)21(25)18-15-9-8-14(3)13-17(15)27-20(18)22-19(24)16-7-6-12-26-16/h6-7,12,14H,4-5,8-11,13H2,1-3H3,(H,22,24)/t14-/m1/s1. The molecule has 0 radical (unpaired) electrons. The minimum Gasteiger partial charge on any atom is -0.459 e. The third-order valence-electron chi connectivity index (χ3n) is 4.97. The van der Waals surface area contributed by atoms with Crippen molar-refractivity contribution in [3.63, 3.8) is 0 Å². The maximum atomic E-state index is 13.4. The van der Waals surface area contributed by atoms with Crippen LogP contribution >= 0.6 is 11.3 Å². The number of furan rings is 1. The van der Waals surface area contributed by atoms with Gasteiger partial charge in [0.15, 0.2) is 5.76 Å². The monoisotopic (exact) mass is 388 g/mol. The van der Waals surface area contributed by atoms with Crippen molar-refractivity contribution in [2.24, 2.45) is 5.92 Å². The van der Waals surface area contributed by atoms with Crippen molar-refractivity contribution in [2.45, 2.75) is 52.9 Å². The van der Waals surface area contributed by atoms with Gasteiger partial charge in [-0.15, -0.1) is 11.3 Å². The van der Waals surface area contributed by atoms with Gasteiger partial charge in [-0.25, -0.2) is 0 Å². The lowest BCUT2D eigenvalue weighted by molar-refractivity contribution is 0.0755. The molecule has 1 aliphatic rings. The Morgan fingerprint density at radius 2 is 2.04 bits per heavy atom. The van der Waals surface area contributed by atoms with Gasteiger partial charge in [-0.05, 0) is 55.7 Å². The van der Waals surface area contributed by atoms with E-state index in [0.29, 0.717) is 16.5 Å². The van der Waals surface area contributed by atoms with E-state index in [1.165, 1.54) is 11.1 Å². The van der Waals surface area contributed by atoms with Crippen LogP contribution in [0.2, 0.25) is 0 Å². The van der Waals surface area contributed by atoms with Crippen molar-refractivity contribution in [2.75, 3.05) is 18.4 Å². The van der Waals surface area contributed by atoms with Crippen LogP contribution in [-0.2, 0) is 12.8 Å². The highest BCUT2D eigenvalue weighted by molar-refractivity contribution is 7.17. The first-order valence-electron chi connectivity index (χ1n) is 9.83. The minimum absolute atomic E-state index is 0.0421. The Balaban J connectivity index is 1.96. The van der Waals surface area contributed by atoms with E-state index < -0.39 is 0 Å². The van der Waals surface area contributed by atoms with Crippen molar-refractivity contribution in [3.8, 4) is 0 Å². The molecule has 2 amide bonds. The molecule has 27 heavy (non-hydrogen) atoms. The molecule has 5 nitrogen and oxygen atoms in total. The van der Waals surface area contributed by atoms with Gasteiger partial charge in [-0.2, -0.15) is 0 Å². The molecule has 2 heterocycles. The largest absolute Gasteiger partial charge is 0.459 e. The summed E-state index contributed by atoms with van der Waals surface area (Å²) in [6, 6.07) is 3.32. The van der Waals surface area contributed by atoms with E-state index in [-0.39, 0.29) is 17.6 Å². The number of nitrogens with zero attached hydrogens (tertiary/aromatic N) is 1. The molecule has 0 fully saturated rings. The van der Waals surface area contributed by atoms with Crippen LogP contribution in [0.3, 0.4) is 0 Å². The summed E-state index contributed by atoms with van der Waals surface area (Å²) in [5.41, 5.74) is 1.83. The average molecular weight is 389 g/mol. The molecule has 0 aliphatic heterocycles. The van der Waals surface area contributed by atoms with Gasteiger partial charge in [-0.1, -0.05) is 20.8 Å². The SMILES string of the molecule is CCCN(CCC)C(=O)c1c(NC(=O)c2ccco2)sc2c1CC[C@@H](C)C2. The number of amides is 2. The molecule has 1 N–H and O–H groups in total. The number of rotatable bonds is 7. The molecule has 0 saturated heterocycles. The van der Waals surface area contributed by atoms with E-state index in [1.807, 2.05) is 4.90 Å². The summed E-state index contributed by atoms with van der Waals surface area (Å²) in [7, 11) is 0. The number of fused-ring (bicyclic) bond motifs is 1. The quantitative estimate of drug-likeness (QED) is 0.727. The lowest BCUT2D eigenvalue weighted by atomic mass is 9.88. The van der Waals surface area contributed by atoms with Crippen LogP contribution in [0.15, 0.2) is 22.8 Å². The summed E-state index contributed by atoms with van der Waals surface area (Å²) < 4.78 is 5.21. The van der Waals surface area contributed by atoms with E-state index in [0.717, 1.165) is 50.8 Å². The van der Waals surface area contributed by atoms with Crippen molar-refractivity contribution in [1.29, 1.82) is 0 Å². The van der Waals surface area contributed by atoms with Gasteiger partial charge in [0.25, 0.3) is 11.8 Å². The Morgan fingerprint density at radius 1 is 1.30 bits per heavy atom. The van der Waals surface area contributed by atoms with Gasteiger partial charge in [0.05, 0.1) is 11.8 Å². The number of thiophene rings is 1. The highest BCUT2D eigenvalue weighted by Crippen LogP contribution is 2.40. The highest BCUT2D eigenvalue weighted by Gasteiger charge is 2.30. The smallest absolute Gasteiger partial charge is 0.291 e. The molecule has 2 aromatic rings. The maximum absolute atomic E-state index is 13.4. The molecule has 0 aromatic carbocycles. The number of carbonyl (C=O) groups is 2. The third-order valence-corrected chi connectivity index (χ3v) is 6.14. The molecule has 0 unspecified atom stereocenters. The summed E-state index contributed by atoms with van der Waals surface area (Å²) in [5, 5.41) is 3.61. The predicted molar refractivity (Wildman–Crippen MR) is 109 cm³/mol. The Kier molecular flexibility index (Phi) is 6.37. The molecule has 0 bridgehead atoms. The van der Waals surface area contributed by atoms with Gasteiger partial charge >= 0.3 is 0 Å². The zero-order chi connectivity index (χ0) is 19.4. The summed E-state index contributed by atoms with van der Waals surface area (Å²) in [6.45, 7) is 7.88. The average Bonchev–Trinajstić information content (AvgIpc) is 3.28. The van der Waals surface area contributed by atoms with Crippen molar-refractivity contribution < 1.29 is 14.0 Å². The molecule has 0 spiro atoms. The van der Waals surface area contributed by atoms with Gasteiger partial charge in [0.2, 0.25) is 0 Å². The van der Waals surface area contributed by atoms with Crippen LogP contribution < -0.4 is 5.32 Å². The molecule has 6 heteroatoms. The molecule has 146 valence electrons.